The molecular formula is C13H18FN3OS. The summed E-state index contributed by atoms with van der Waals surface area (Å²) in [6.45, 7) is 5.47. The molecule has 1 rings (SSSR count). The highest BCUT2D eigenvalue weighted by Gasteiger charge is 2.16. The Morgan fingerprint density at radius 1 is 1.37 bits per heavy atom. The Hall–Kier alpha value is -1.69. The highest BCUT2D eigenvalue weighted by molar-refractivity contribution is 7.80. The fourth-order valence-electron chi connectivity index (χ4n) is 1.55. The molecular weight excluding hydrogens is 265 g/mol. The number of benzene rings is 1. The molecule has 4 N–H and O–H groups in total. The Bertz CT molecular complexity index is 491. The lowest BCUT2D eigenvalue weighted by molar-refractivity contribution is -0.122. The van der Waals surface area contributed by atoms with Gasteiger partial charge in [-0.3, -0.25) is 4.79 Å². The summed E-state index contributed by atoms with van der Waals surface area (Å²) < 4.78 is 13.2. The summed E-state index contributed by atoms with van der Waals surface area (Å²) in [6.07, 6.45) is 0. The van der Waals surface area contributed by atoms with E-state index in [1.807, 2.05) is 13.8 Å². The lowest BCUT2D eigenvalue weighted by Crippen LogP contribution is -2.41. The average molecular weight is 283 g/mol. The summed E-state index contributed by atoms with van der Waals surface area (Å²) in [5.41, 5.74) is 6.47. The van der Waals surface area contributed by atoms with Crippen LogP contribution in [0.15, 0.2) is 18.2 Å². The molecule has 1 aromatic rings. The van der Waals surface area contributed by atoms with Crippen LogP contribution in [0, 0.1) is 5.82 Å². The molecule has 1 atom stereocenters. The quantitative estimate of drug-likeness (QED) is 0.721. The number of nitrogens with one attached hydrogen (secondary N) is 2. The summed E-state index contributed by atoms with van der Waals surface area (Å²) in [5.74, 6) is -0.569. The molecule has 1 amide bonds. The van der Waals surface area contributed by atoms with Crippen LogP contribution in [0.2, 0.25) is 0 Å². The Morgan fingerprint density at radius 3 is 2.53 bits per heavy atom. The van der Waals surface area contributed by atoms with Gasteiger partial charge in [0, 0.05) is 17.3 Å². The van der Waals surface area contributed by atoms with E-state index in [1.54, 1.807) is 6.92 Å². The van der Waals surface area contributed by atoms with E-state index >= 15 is 0 Å². The van der Waals surface area contributed by atoms with Gasteiger partial charge in [-0.05, 0) is 39.0 Å². The van der Waals surface area contributed by atoms with Crippen LogP contribution in [0.5, 0.6) is 0 Å². The summed E-state index contributed by atoms with van der Waals surface area (Å²) >= 11 is 4.87. The van der Waals surface area contributed by atoms with Gasteiger partial charge >= 0.3 is 0 Å². The van der Waals surface area contributed by atoms with Crippen LogP contribution in [0.3, 0.4) is 0 Å². The Morgan fingerprint density at radius 2 is 2.00 bits per heavy atom. The molecule has 1 unspecified atom stereocenters. The molecule has 0 aromatic heterocycles. The first-order valence-corrected chi connectivity index (χ1v) is 6.38. The van der Waals surface area contributed by atoms with Gasteiger partial charge in [0.2, 0.25) is 5.91 Å². The smallest absolute Gasteiger partial charge is 0.242 e. The number of halogens is 1. The zero-order valence-corrected chi connectivity index (χ0v) is 12.0. The van der Waals surface area contributed by atoms with Gasteiger partial charge in [-0.2, -0.15) is 0 Å². The Balaban J connectivity index is 2.87. The van der Waals surface area contributed by atoms with Gasteiger partial charge in [0.1, 0.15) is 16.8 Å². The van der Waals surface area contributed by atoms with Gasteiger partial charge in [-0.1, -0.05) is 12.2 Å². The number of rotatable bonds is 5. The second-order valence-electron chi connectivity index (χ2n) is 4.58. The standard InChI is InChI=1S/C13H18FN3OS/c1-7(2)16-13(18)8(3)17-11-5-4-9(14)6-10(11)12(15)19/h4-8,17H,1-3H3,(H2,15,19)(H,16,18). The van der Waals surface area contributed by atoms with Crippen molar-refractivity contribution in [3.63, 3.8) is 0 Å². The van der Waals surface area contributed by atoms with Crippen LogP contribution in [0.25, 0.3) is 0 Å². The SMILES string of the molecule is CC(C)NC(=O)C(C)Nc1ccc(F)cc1C(N)=S. The van der Waals surface area contributed by atoms with Gasteiger partial charge in [0.25, 0.3) is 0 Å². The molecule has 0 aliphatic rings. The maximum atomic E-state index is 13.2. The topological polar surface area (TPSA) is 67.2 Å². The van der Waals surface area contributed by atoms with Crippen molar-refractivity contribution in [3.05, 3.63) is 29.6 Å². The molecule has 4 nitrogen and oxygen atoms in total. The predicted molar refractivity (Wildman–Crippen MR) is 78.7 cm³/mol. The first kappa shape index (κ1) is 15.4. The largest absolute Gasteiger partial charge is 0.389 e. The van der Waals surface area contributed by atoms with Gasteiger partial charge in [0.15, 0.2) is 0 Å². The van der Waals surface area contributed by atoms with Crippen molar-refractivity contribution in [2.45, 2.75) is 32.9 Å². The fraction of sp³-hybridized carbons (Fsp3) is 0.385. The maximum Gasteiger partial charge on any atom is 0.242 e. The van der Waals surface area contributed by atoms with E-state index in [0.717, 1.165) is 0 Å². The normalized spacial score (nSPS) is 12.1. The summed E-state index contributed by atoms with van der Waals surface area (Å²) in [6, 6.07) is 3.64. The zero-order chi connectivity index (χ0) is 14.6. The number of hydrogen-bond donors (Lipinski definition) is 3. The van der Waals surface area contributed by atoms with E-state index in [1.165, 1.54) is 18.2 Å². The molecule has 0 bridgehead atoms. The number of carbonyl (C=O) groups excluding carboxylic acids is 1. The molecule has 0 heterocycles. The van der Waals surface area contributed by atoms with E-state index in [0.29, 0.717) is 11.3 Å². The second kappa shape index (κ2) is 6.47. The van der Waals surface area contributed by atoms with E-state index in [-0.39, 0.29) is 16.9 Å². The van der Waals surface area contributed by atoms with Crippen molar-refractivity contribution in [1.82, 2.24) is 5.32 Å². The van der Waals surface area contributed by atoms with Crippen LogP contribution >= 0.6 is 12.2 Å². The Labute approximate surface area is 117 Å². The first-order chi connectivity index (χ1) is 8.81. The van der Waals surface area contributed by atoms with Crippen LogP contribution in [0.4, 0.5) is 10.1 Å². The maximum absolute atomic E-state index is 13.2. The third-order valence-corrected chi connectivity index (χ3v) is 2.66. The number of hydrogen-bond acceptors (Lipinski definition) is 3. The number of carbonyl (C=O) groups is 1. The van der Waals surface area contributed by atoms with Gasteiger partial charge in [-0.25, -0.2) is 4.39 Å². The second-order valence-corrected chi connectivity index (χ2v) is 5.02. The molecule has 104 valence electrons. The lowest BCUT2D eigenvalue weighted by Gasteiger charge is -2.19. The van der Waals surface area contributed by atoms with E-state index in [2.05, 4.69) is 10.6 Å². The molecule has 1 aromatic carbocycles. The number of anilines is 1. The van der Waals surface area contributed by atoms with E-state index in [4.69, 9.17) is 18.0 Å². The number of amides is 1. The highest BCUT2D eigenvalue weighted by atomic mass is 32.1. The minimum Gasteiger partial charge on any atom is -0.389 e. The average Bonchev–Trinajstić information content (AvgIpc) is 2.30. The molecule has 0 fully saturated rings. The van der Waals surface area contributed by atoms with Crippen LogP contribution in [-0.2, 0) is 4.79 Å². The first-order valence-electron chi connectivity index (χ1n) is 5.97. The van der Waals surface area contributed by atoms with Crippen LogP contribution < -0.4 is 16.4 Å². The van der Waals surface area contributed by atoms with Crippen molar-refractivity contribution in [2.75, 3.05) is 5.32 Å². The van der Waals surface area contributed by atoms with Crippen molar-refractivity contribution >= 4 is 28.8 Å². The third-order valence-electron chi connectivity index (χ3n) is 2.44. The number of nitrogens with two attached hydrogens (primary N) is 1. The zero-order valence-electron chi connectivity index (χ0n) is 11.2. The minimum absolute atomic E-state index is 0.0556. The molecule has 6 heteroatoms. The van der Waals surface area contributed by atoms with Gasteiger partial charge < -0.3 is 16.4 Å². The fourth-order valence-corrected chi connectivity index (χ4v) is 1.72. The molecule has 19 heavy (non-hydrogen) atoms. The Kier molecular flexibility index (Phi) is 5.23. The molecule has 0 radical (unpaired) electrons. The van der Waals surface area contributed by atoms with Crippen molar-refractivity contribution < 1.29 is 9.18 Å². The van der Waals surface area contributed by atoms with Crippen molar-refractivity contribution in [3.8, 4) is 0 Å². The van der Waals surface area contributed by atoms with Gasteiger partial charge in [-0.15, -0.1) is 0 Å². The molecule has 0 aliphatic carbocycles. The van der Waals surface area contributed by atoms with E-state index in [9.17, 15) is 9.18 Å². The van der Waals surface area contributed by atoms with Gasteiger partial charge in [0.05, 0.1) is 0 Å². The highest BCUT2D eigenvalue weighted by Crippen LogP contribution is 2.18. The molecule has 0 saturated heterocycles. The van der Waals surface area contributed by atoms with E-state index < -0.39 is 11.9 Å². The molecule has 0 spiro atoms. The molecule has 0 saturated carbocycles. The third kappa shape index (κ3) is 4.48. The number of thiocarbonyl (C=S) groups is 1. The summed E-state index contributed by atoms with van der Waals surface area (Å²) in [5, 5.41) is 5.76. The van der Waals surface area contributed by atoms with Crippen LogP contribution in [-0.4, -0.2) is 23.0 Å². The summed E-state index contributed by atoms with van der Waals surface area (Å²) in [7, 11) is 0. The molecule has 0 aliphatic heterocycles. The predicted octanol–water partition coefficient (Wildman–Crippen LogP) is 1.78. The summed E-state index contributed by atoms with van der Waals surface area (Å²) in [4.78, 5) is 11.9. The van der Waals surface area contributed by atoms with Crippen molar-refractivity contribution in [1.29, 1.82) is 0 Å². The van der Waals surface area contributed by atoms with Crippen molar-refractivity contribution in [2.24, 2.45) is 5.73 Å². The van der Waals surface area contributed by atoms with Crippen LogP contribution in [0.1, 0.15) is 26.3 Å². The minimum atomic E-state index is -0.471. The lowest BCUT2D eigenvalue weighted by atomic mass is 10.1. The monoisotopic (exact) mass is 283 g/mol.